The van der Waals surface area contributed by atoms with Crippen molar-refractivity contribution in [2.75, 3.05) is 0 Å². The Labute approximate surface area is 63.7 Å². The largest absolute Gasteiger partial charge is 0.481 e. The van der Waals surface area contributed by atoms with Gasteiger partial charge < -0.3 is 5.11 Å². The topological polar surface area (TPSA) is 37.3 Å². The Balaban J connectivity index is 2.95. The molecular weight excluding hydrogens is 128 g/mol. The van der Waals surface area contributed by atoms with Crippen LogP contribution in [0, 0.1) is 0 Å². The lowest BCUT2D eigenvalue weighted by atomic mass is 10.1. The zero-order chi connectivity index (χ0) is 8.53. The molecule has 0 saturated heterocycles. The molecule has 0 aliphatic carbocycles. The van der Waals surface area contributed by atoms with Gasteiger partial charge in [0.05, 0.1) is 0 Å². The second-order valence-electron chi connectivity index (χ2n) is 2.54. The third kappa shape index (κ3) is 7.47. The van der Waals surface area contributed by atoms with Crippen molar-refractivity contribution in [1.29, 1.82) is 1.43 Å². The van der Waals surface area contributed by atoms with E-state index in [1.165, 1.54) is 19.3 Å². The molecule has 0 heterocycles. The van der Waals surface area contributed by atoms with E-state index in [1.54, 1.807) is 0 Å². The van der Waals surface area contributed by atoms with Crippen molar-refractivity contribution in [3.8, 4) is 0 Å². The summed E-state index contributed by atoms with van der Waals surface area (Å²) in [5.74, 6) is -0.415. The van der Waals surface area contributed by atoms with Gasteiger partial charge in [0, 0.05) is 6.42 Å². The summed E-state index contributed by atoms with van der Waals surface area (Å²) in [5, 5.41) is 3.77. The summed E-state index contributed by atoms with van der Waals surface area (Å²) in [7, 11) is 0. The Kier molecular flexibility index (Phi) is 4.99. The van der Waals surface area contributed by atoms with Crippen LogP contribution >= 0.6 is 0 Å². The number of rotatable bonds is 6. The fourth-order valence-electron chi connectivity index (χ4n) is 0.873. The number of unbranched alkanes of at least 4 members (excludes halogenated alkanes) is 4. The molecule has 0 fully saturated rings. The molecule has 2 nitrogen and oxygen atoms in total. The predicted octanol–water partition coefficient (Wildman–Crippen LogP) is 2.43. The normalized spacial score (nSPS) is 10.7. The van der Waals surface area contributed by atoms with Crippen molar-refractivity contribution < 1.29 is 9.90 Å². The number of hydrogen-bond donors (Lipinski definition) is 1. The Morgan fingerprint density at radius 2 is 2.10 bits per heavy atom. The van der Waals surface area contributed by atoms with Crippen molar-refractivity contribution in [2.45, 2.75) is 45.4 Å². The van der Waals surface area contributed by atoms with Crippen LogP contribution in [0.1, 0.15) is 45.4 Å². The lowest BCUT2D eigenvalue weighted by Crippen LogP contribution is -1.93. The molecule has 0 amide bonds. The molecule has 0 aromatic heterocycles. The average Bonchev–Trinajstić information content (AvgIpc) is 2.04. The van der Waals surface area contributed by atoms with Crippen molar-refractivity contribution in [3.63, 3.8) is 0 Å². The molecule has 0 bridgehead atoms. The molecule has 10 heavy (non-hydrogen) atoms. The average molecular weight is 145 g/mol. The first-order valence-electron chi connectivity index (χ1n) is 4.38. The predicted molar refractivity (Wildman–Crippen MR) is 41.0 cm³/mol. The van der Waals surface area contributed by atoms with Crippen LogP contribution < -0.4 is 0 Å². The summed E-state index contributed by atoms with van der Waals surface area (Å²) in [6.45, 7) is 2.15. The smallest absolute Gasteiger partial charge is 0.303 e. The molecule has 0 rings (SSSR count). The van der Waals surface area contributed by atoms with Gasteiger partial charge in [0.15, 0.2) is 0 Å². The van der Waals surface area contributed by atoms with Crippen molar-refractivity contribution >= 4 is 5.97 Å². The molecule has 60 valence electrons. The van der Waals surface area contributed by atoms with Crippen molar-refractivity contribution in [3.05, 3.63) is 0 Å². The van der Waals surface area contributed by atoms with E-state index in [1.807, 2.05) is 0 Å². The Morgan fingerprint density at radius 1 is 1.40 bits per heavy atom. The van der Waals surface area contributed by atoms with Gasteiger partial charge in [-0.3, -0.25) is 4.79 Å². The summed E-state index contributed by atoms with van der Waals surface area (Å²) in [6, 6.07) is 0. The number of aliphatic carboxylic acids is 1. The van der Waals surface area contributed by atoms with Gasteiger partial charge in [0.1, 0.15) is 0 Å². The molecule has 2 heteroatoms. The number of carbonyl (C=O) groups is 1. The van der Waals surface area contributed by atoms with Gasteiger partial charge in [0.2, 0.25) is 0 Å². The quantitative estimate of drug-likeness (QED) is 0.583. The second-order valence-corrected chi connectivity index (χ2v) is 2.54. The highest BCUT2D eigenvalue weighted by Crippen LogP contribution is 2.04. The molecule has 0 aliphatic heterocycles. The monoisotopic (exact) mass is 145 g/mol. The highest BCUT2D eigenvalue weighted by atomic mass is 16.4. The number of hydrogen-bond acceptors (Lipinski definition) is 2. The molecule has 0 atom stereocenters. The standard InChI is InChI=1S/C8H16O2/c1-2-3-4-5-6-7-8(9)10/h2-7H2,1H3,(H,9,10)/i/hD. The van der Waals surface area contributed by atoms with E-state index >= 15 is 0 Å². The van der Waals surface area contributed by atoms with Crippen LogP contribution in [0.25, 0.3) is 1.43 Å². The van der Waals surface area contributed by atoms with Gasteiger partial charge in [-0.2, -0.15) is 0 Å². The Hall–Kier alpha value is -0.530. The summed E-state index contributed by atoms with van der Waals surface area (Å²) < 4.78 is 6.28. The maximum absolute atomic E-state index is 10.4. The van der Waals surface area contributed by atoms with E-state index in [0.29, 0.717) is 6.42 Å². The van der Waals surface area contributed by atoms with E-state index in [0.717, 1.165) is 12.8 Å². The van der Waals surface area contributed by atoms with E-state index in [2.05, 4.69) is 12.0 Å². The van der Waals surface area contributed by atoms with Crippen molar-refractivity contribution in [2.24, 2.45) is 0 Å². The van der Waals surface area contributed by atoms with Gasteiger partial charge in [-0.1, -0.05) is 32.6 Å². The summed E-state index contributed by atoms with van der Waals surface area (Å²) in [4.78, 5) is 10.4. The van der Waals surface area contributed by atoms with E-state index in [9.17, 15) is 4.79 Å². The summed E-state index contributed by atoms with van der Waals surface area (Å²) in [6.07, 6.45) is 5.95. The van der Waals surface area contributed by atoms with Crippen molar-refractivity contribution in [1.82, 2.24) is 0 Å². The van der Waals surface area contributed by atoms with Crippen LogP contribution in [0.3, 0.4) is 0 Å². The molecule has 1 N–H and O–H groups in total. The Bertz CT molecular complexity index is 104. The lowest BCUT2D eigenvalue weighted by Gasteiger charge is -1.95. The summed E-state index contributed by atoms with van der Waals surface area (Å²) in [5.41, 5.74) is 0. The number of carboxylic acid groups (broad SMARTS) is 1. The summed E-state index contributed by atoms with van der Waals surface area (Å²) >= 11 is 0. The minimum atomic E-state index is -0.415. The Morgan fingerprint density at radius 3 is 2.70 bits per heavy atom. The molecule has 0 saturated carbocycles. The highest BCUT2D eigenvalue weighted by Gasteiger charge is 1.94. The maximum Gasteiger partial charge on any atom is 0.303 e. The fraction of sp³-hybridized carbons (Fsp3) is 0.875. The first kappa shape index (κ1) is 7.58. The minimum Gasteiger partial charge on any atom is -0.481 e. The SMILES string of the molecule is [2H]OC(=O)CCCCCCC. The highest BCUT2D eigenvalue weighted by molar-refractivity contribution is 5.66. The van der Waals surface area contributed by atoms with Crippen LogP contribution in [0.5, 0.6) is 0 Å². The van der Waals surface area contributed by atoms with E-state index in [4.69, 9.17) is 1.43 Å². The zero-order valence-electron chi connectivity index (χ0n) is 7.56. The minimum absolute atomic E-state index is 0.396. The fourth-order valence-corrected chi connectivity index (χ4v) is 0.873. The molecule has 0 aliphatic rings. The molecule has 0 spiro atoms. The van der Waals surface area contributed by atoms with E-state index in [-0.39, 0.29) is 0 Å². The molecule has 0 radical (unpaired) electrons. The third-order valence-electron chi connectivity index (χ3n) is 1.48. The van der Waals surface area contributed by atoms with Crippen LogP contribution in [0.15, 0.2) is 0 Å². The van der Waals surface area contributed by atoms with Gasteiger partial charge in [-0.25, -0.2) is 0 Å². The van der Waals surface area contributed by atoms with Crippen LogP contribution in [0.4, 0.5) is 0 Å². The molecule has 0 aromatic rings. The van der Waals surface area contributed by atoms with Crippen LogP contribution in [-0.2, 0) is 4.79 Å². The van der Waals surface area contributed by atoms with Gasteiger partial charge >= 0.3 is 5.97 Å². The first-order chi connectivity index (χ1) is 5.31. The third-order valence-corrected chi connectivity index (χ3v) is 1.48. The molecular formula is C8H16O2. The number of carboxylic acids is 1. The second kappa shape index (κ2) is 6.59. The van der Waals surface area contributed by atoms with Gasteiger partial charge in [0.25, 0.3) is 1.43 Å². The van der Waals surface area contributed by atoms with Crippen LogP contribution in [0.2, 0.25) is 0 Å². The van der Waals surface area contributed by atoms with Crippen LogP contribution in [-0.4, -0.2) is 11.1 Å². The van der Waals surface area contributed by atoms with Gasteiger partial charge in [-0.05, 0) is 6.42 Å². The molecule has 0 unspecified atom stereocenters. The lowest BCUT2D eigenvalue weighted by molar-refractivity contribution is -0.137. The maximum atomic E-state index is 10.4. The first-order valence-corrected chi connectivity index (χ1v) is 3.97. The zero-order valence-corrected chi connectivity index (χ0v) is 6.56. The van der Waals surface area contributed by atoms with Gasteiger partial charge in [-0.15, -0.1) is 0 Å². The molecule has 0 aromatic carbocycles. The van der Waals surface area contributed by atoms with E-state index < -0.39 is 5.97 Å².